The van der Waals surface area contributed by atoms with Crippen LogP contribution in [-0.4, -0.2) is 42.8 Å². The molecule has 1 heterocycles. The van der Waals surface area contributed by atoms with Gasteiger partial charge < -0.3 is 21.1 Å². The van der Waals surface area contributed by atoms with E-state index in [9.17, 15) is 18.7 Å². The molecule has 1 saturated heterocycles. The Kier molecular flexibility index (Phi) is 7.98. The molecule has 5 nitrogen and oxygen atoms in total. The Labute approximate surface area is 188 Å². The zero-order valence-corrected chi connectivity index (χ0v) is 18.9. The van der Waals surface area contributed by atoms with Gasteiger partial charge in [0.15, 0.2) is 0 Å². The van der Waals surface area contributed by atoms with E-state index in [0.717, 1.165) is 31.1 Å². The summed E-state index contributed by atoms with van der Waals surface area (Å²) in [5.74, 6) is -1.28. The molecule has 0 spiro atoms. The van der Waals surface area contributed by atoms with Crippen LogP contribution in [0.15, 0.2) is 42.5 Å². The van der Waals surface area contributed by atoms with Gasteiger partial charge in [-0.05, 0) is 54.1 Å². The van der Waals surface area contributed by atoms with Crippen LogP contribution in [0.1, 0.15) is 49.8 Å². The van der Waals surface area contributed by atoms with Crippen molar-refractivity contribution < 1.29 is 18.7 Å². The standard InChI is InChI=1S/C25H33F2N3O2/c1-16(2)19-5-4-6-20(12-19)25(7-8-28-15-25)29-14-24(32)23(30-17(3)31)11-18-9-21(26)13-22(27)10-18/h4-6,9-10,12-13,16,23-24,28-29,32H,7-8,11,14-15H2,1-3H3,(H,30,31)/t23-,24-,25?/m0/s1. The Balaban J connectivity index is 1.76. The van der Waals surface area contributed by atoms with Crippen molar-refractivity contribution in [3.05, 3.63) is 70.8 Å². The molecular weight excluding hydrogens is 412 g/mol. The van der Waals surface area contributed by atoms with Crippen molar-refractivity contribution in [2.24, 2.45) is 0 Å². The van der Waals surface area contributed by atoms with Gasteiger partial charge in [0, 0.05) is 26.1 Å². The molecule has 7 heteroatoms. The summed E-state index contributed by atoms with van der Waals surface area (Å²) in [6, 6.07) is 11.0. The molecule has 1 aliphatic rings. The Morgan fingerprint density at radius 2 is 1.91 bits per heavy atom. The number of nitrogens with one attached hydrogen (secondary N) is 3. The van der Waals surface area contributed by atoms with E-state index >= 15 is 0 Å². The Morgan fingerprint density at radius 1 is 1.19 bits per heavy atom. The van der Waals surface area contributed by atoms with Crippen molar-refractivity contribution in [3.63, 3.8) is 0 Å². The second-order valence-electron chi connectivity index (χ2n) is 9.03. The highest BCUT2D eigenvalue weighted by Gasteiger charge is 2.36. The van der Waals surface area contributed by atoms with Crippen LogP contribution < -0.4 is 16.0 Å². The number of rotatable bonds is 9. The third-order valence-corrected chi connectivity index (χ3v) is 6.14. The van der Waals surface area contributed by atoms with E-state index in [4.69, 9.17) is 0 Å². The minimum Gasteiger partial charge on any atom is -0.390 e. The van der Waals surface area contributed by atoms with E-state index in [2.05, 4.69) is 54.1 Å². The highest BCUT2D eigenvalue weighted by Crippen LogP contribution is 2.30. The van der Waals surface area contributed by atoms with E-state index in [1.165, 1.54) is 24.6 Å². The maximum Gasteiger partial charge on any atom is 0.217 e. The summed E-state index contributed by atoms with van der Waals surface area (Å²) in [4.78, 5) is 11.7. The van der Waals surface area contributed by atoms with E-state index in [0.29, 0.717) is 11.5 Å². The van der Waals surface area contributed by atoms with Gasteiger partial charge in [-0.1, -0.05) is 38.1 Å². The van der Waals surface area contributed by atoms with Gasteiger partial charge in [-0.15, -0.1) is 0 Å². The first-order valence-corrected chi connectivity index (χ1v) is 11.1. The zero-order chi connectivity index (χ0) is 23.3. The molecule has 2 aromatic carbocycles. The Morgan fingerprint density at radius 3 is 2.50 bits per heavy atom. The molecule has 2 aromatic rings. The van der Waals surface area contributed by atoms with E-state index in [-0.39, 0.29) is 24.4 Å². The van der Waals surface area contributed by atoms with Crippen LogP contribution in [0.4, 0.5) is 8.78 Å². The fourth-order valence-electron chi connectivity index (χ4n) is 4.36. The van der Waals surface area contributed by atoms with E-state index in [1.807, 2.05) is 0 Å². The molecule has 0 radical (unpaired) electrons. The third-order valence-electron chi connectivity index (χ3n) is 6.14. The molecule has 0 bridgehead atoms. The van der Waals surface area contributed by atoms with Crippen molar-refractivity contribution in [2.45, 2.75) is 57.2 Å². The molecule has 0 aliphatic carbocycles. The summed E-state index contributed by atoms with van der Waals surface area (Å²) in [5.41, 5.74) is 2.45. The largest absolute Gasteiger partial charge is 0.390 e. The fourth-order valence-corrected chi connectivity index (χ4v) is 4.36. The zero-order valence-electron chi connectivity index (χ0n) is 18.9. The fraction of sp³-hybridized carbons (Fsp3) is 0.480. The summed E-state index contributed by atoms with van der Waals surface area (Å²) in [6.45, 7) is 7.47. The highest BCUT2D eigenvalue weighted by atomic mass is 19.1. The third kappa shape index (κ3) is 6.12. The van der Waals surface area contributed by atoms with Crippen LogP contribution in [0.5, 0.6) is 0 Å². The number of amides is 1. The number of carbonyl (C=O) groups excluding carboxylic acids is 1. The minimum atomic E-state index is -0.948. The average molecular weight is 446 g/mol. The summed E-state index contributed by atoms with van der Waals surface area (Å²) in [6.07, 6.45) is 0.0304. The Hall–Kier alpha value is -2.35. The van der Waals surface area contributed by atoms with Crippen molar-refractivity contribution >= 4 is 5.91 Å². The van der Waals surface area contributed by atoms with Gasteiger partial charge in [-0.2, -0.15) is 0 Å². The predicted molar refractivity (Wildman–Crippen MR) is 121 cm³/mol. The molecule has 0 saturated carbocycles. The number of aliphatic hydroxyl groups excluding tert-OH is 1. The summed E-state index contributed by atoms with van der Waals surface area (Å²) in [5, 5.41) is 20.6. The van der Waals surface area contributed by atoms with Crippen LogP contribution in [-0.2, 0) is 16.8 Å². The molecule has 0 aromatic heterocycles. The van der Waals surface area contributed by atoms with Crippen LogP contribution in [0.2, 0.25) is 0 Å². The van der Waals surface area contributed by atoms with Gasteiger partial charge in [-0.3, -0.25) is 4.79 Å². The maximum absolute atomic E-state index is 13.6. The van der Waals surface area contributed by atoms with Gasteiger partial charge in [0.25, 0.3) is 0 Å². The van der Waals surface area contributed by atoms with Crippen molar-refractivity contribution in [1.82, 2.24) is 16.0 Å². The van der Waals surface area contributed by atoms with Crippen LogP contribution in [0, 0.1) is 11.6 Å². The van der Waals surface area contributed by atoms with Crippen LogP contribution >= 0.6 is 0 Å². The van der Waals surface area contributed by atoms with Gasteiger partial charge in [-0.25, -0.2) is 8.78 Å². The molecule has 32 heavy (non-hydrogen) atoms. The molecule has 4 N–H and O–H groups in total. The first-order valence-electron chi connectivity index (χ1n) is 11.1. The van der Waals surface area contributed by atoms with Crippen LogP contribution in [0.25, 0.3) is 0 Å². The average Bonchev–Trinajstić information content (AvgIpc) is 3.21. The molecule has 1 fully saturated rings. The molecule has 3 atom stereocenters. The number of carbonyl (C=O) groups is 1. The monoisotopic (exact) mass is 445 g/mol. The second kappa shape index (κ2) is 10.5. The molecule has 1 aliphatic heterocycles. The summed E-state index contributed by atoms with van der Waals surface area (Å²) >= 11 is 0. The SMILES string of the molecule is CC(=O)N[C@@H](Cc1cc(F)cc(F)c1)[C@@H](O)CNC1(c2cccc(C(C)C)c2)CCNC1. The Bertz CT molecular complexity index is 909. The highest BCUT2D eigenvalue weighted by molar-refractivity contribution is 5.73. The second-order valence-corrected chi connectivity index (χ2v) is 9.03. The maximum atomic E-state index is 13.6. The quantitative estimate of drug-likeness (QED) is 0.479. The lowest BCUT2D eigenvalue weighted by molar-refractivity contribution is -0.120. The van der Waals surface area contributed by atoms with Gasteiger partial charge in [0.05, 0.1) is 17.7 Å². The lowest BCUT2D eigenvalue weighted by atomic mass is 9.86. The van der Waals surface area contributed by atoms with E-state index in [1.54, 1.807) is 0 Å². The predicted octanol–water partition coefficient (Wildman–Crippen LogP) is 2.97. The molecule has 1 amide bonds. The lowest BCUT2D eigenvalue weighted by Gasteiger charge is -2.34. The molecule has 174 valence electrons. The topological polar surface area (TPSA) is 73.4 Å². The van der Waals surface area contributed by atoms with Crippen molar-refractivity contribution in [3.8, 4) is 0 Å². The smallest absolute Gasteiger partial charge is 0.217 e. The first-order chi connectivity index (χ1) is 15.2. The van der Waals surface area contributed by atoms with Crippen molar-refractivity contribution in [2.75, 3.05) is 19.6 Å². The number of aliphatic hydroxyl groups is 1. The van der Waals surface area contributed by atoms with Crippen molar-refractivity contribution in [1.29, 1.82) is 0 Å². The number of benzene rings is 2. The number of halogens is 2. The van der Waals surface area contributed by atoms with E-state index < -0.39 is 23.8 Å². The normalized spacial score (nSPS) is 20.3. The first kappa shape index (κ1) is 24.3. The molecular formula is C25H33F2N3O2. The van der Waals surface area contributed by atoms with Crippen LogP contribution in [0.3, 0.4) is 0 Å². The molecule has 3 rings (SSSR count). The minimum absolute atomic E-state index is 0.116. The number of hydrogen-bond acceptors (Lipinski definition) is 4. The molecule has 1 unspecified atom stereocenters. The van der Waals surface area contributed by atoms with Gasteiger partial charge in [0.2, 0.25) is 5.91 Å². The lowest BCUT2D eigenvalue weighted by Crippen LogP contribution is -2.53. The summed E-state index contributed by atoms with van der Waals surface area (Å²) < 4.78 is 27.2. The number of hydrogen-bond donors (Lipinski definition) is 4. The van der Waals surface area contributed by atoms with Gasteiger partial charge in [0.1, 0.15) is 11.6 Å². The van der Waals surface area contributed by atoms with Gasteiger partial charge >= 0.3 is 0 Å². The summed E-state index contributed by atoms with van der Waals surface area (Å²) in [7, 11) is 0.